The van der Waals surface area contributed by atoms with E-state index >= 15 is 0 Å². The molecular weight excluding hydrogens is 324 g/mol. The first-order valence-corrected chi connectivity index (χ1v) is 7.89. The Morgan fingerprint density at radius 3 is 2.57 bits per heavy atom. The number of hydrogen-bond acceptors (Lipinski definition) is 4. The molecule has 2 rings (SSSR count). The van der Waals surface area contributed by atoms with Crippen LogP contribution in [0.3, 0.4) is 0 Å². The van der Waals surface area contributed by atoms with Gasteiger partial charge < -0.3 is 15.2 Å². The van der Waals surface area contributed by atoms with Crippen LogP contribution >= 0.6 is 11.3 Å². The van der Waals surface area contributed by atoms with Gasteiger partial charge >= 0.3 is 6.61 Å². The molecule has 124 valence electrons. The topological polar surface area (TPSA) is 58.6 Å². The smallest absolute Gasteiger partial charge is 0.387 e. The minimum absolute atomic E-state index is 0.0197. The molecule has 1 aromatic carbocycles. The zero-order valence-corrected chi connectivity index (χ0v) is 13.2. The van der Waals surface area contributed by atoms with Crippen LogP contribution in [-0.4, -0.2) is 24.2 Å². The van der Waals surface area contributed by atoms with Crippen molar-refractivity contribution in [2.45, 2.75) is 25.6 Å². The average molecular weight is 341 g/mol. The van der Waals surface area contributed by atoms with E-state index in [9.17, 15) is 18.7 Å². The number of carbonyl (C=O) groups is 1. The van der Waals surface area contributed by atoms with Gasteiger partial charge in [0.2, 0.25) is 5.91 Å². The fraction of sp³-hybridized carbons (Fsp3) is 0.312. The molecule has 23 heavy (non-hydrogen) atoms. The predicted octanol–water partition coefficient (Wildman–Crippen LogP) is 3.30. The molecule has 1 heterocycles. The van der Waals surface area contributed by atoms with Gasteiger partial charge in [0.15, 0.2) is 0 Å². The van der Waals surface area contributed by atoms with Crippen molar-refractivity contribution in [3.63, 3.8) is 0 Å². The van der Waals surface area contributed by atoms with E-state index in [-0.39, 0.29) is 24.1 Å². The second-order valence-corrected chi connectivity index (χ2v) is 5.92. The third-order valence-corrected chi connectivity index (χ3v) is 4.38. The van der Waals surface area contributed by atoms with Crippen molar-refractivity contribution in [2.24, 2.45) is 0 Å². The summed E-state index contributed by atoms with van der Waals surface area (Å²) in [7, 11) is 0. The fourth-order valence-corrected chi connectivity index (χ4v) is 2.79. The van der Waals surface area contributed by atoms with Crippen molar-refractivity contribution in [2.75, 3.05) is 6.54 Å². The highest BCUT2D eigenvalue weighted by molar-refractivity contribution is 7.10. The lowest BCUT2D eigenvalue weighted by molar-refractivity contribution is -0.122. The van der Waals surface area contributed by atoms with Crippen molar-refractivity contribution >= 4 is 17.2 Å². The van der Waals surface area contributed by atoms with E-state index in [4.69, 9.17) is 0 Å². The molecule has 7 heteroatoms. The maximum absolute atomic E-state index is 12.1. The number of benzene rings is 1. The SMILES string of the molecule is CC(C(=O)NCC(O)c1ccc(OC(F)F)cc1)c1cccs1. The van der Waals surface area contributed by atoms with Crippen LogP contribution in [0.25, 0.3) is 0 Å². The van der Waals surface area contributed by atoms with E-state index in [1.165, 1.54) is 35.6 Å². The molecule has 0 saturated heterocycles. The highest BCUT2D eigenvalue weighted by Crippen LogP contribution is 2.22. The summed E-state index contributed by atoms with van der Waals surface area (Å²) in [4.78, 5) is 13.0. The molecule has 0 aliphatic carbocycles. The number of halogens is 2. The molecule has 0 aliphatic heterocycles. The standard InChI is InChI=1S/C16H17F2NO3S/c1-10(14-3-2-8-23-14)15(21)19-9-13(20)11-4-6-12(7-5-11)22-16(17)18/h2-8,10,13,16,20H,9H2,1H3,(H,19,21). The van der Waals surface area contributed by atoms with Gasteiger partial charge in [0.25, 0.3) is 0 Å². The third-order valence-electron chi connectivity index (χ3n) is 3.32. The average Bonchev–Trinajstić information content (AvgIpc) is 3.06. The number of hydrogen-bond donors (Lipinski definition) is 2. The Morgan fingerprint density at radius 2 is 2.00 bits per heavy atom. The van der Waals surface area contributed by atoms with Gasteiger partial charge in [-0.2, -0.15) is 8.78 Å². The Hall–Kier alpha value is -1.99. The van der Waals surface area contributed by atoms with Gasteiger partial charge in [0.1, 0.15) is 5.75 Å². The summed E-state index contributed by atoms with van der Waals surface area (Å²) in [6, 6.07) is 9.42. The first-order chi connectivity index (χ1) is 11.0. The maximum Gasteiger partial charge on any atom is 0.387 e. The Kier molecular flexibility index (Phi) is 6.06. The van der Waals surface area contributed by atoms with Crippen molar-refractivity contribution in [1.82, 2.24) is 5.32 Å². The van der Waals surface area contributed by atoms with Gasteiger partial charge in [-0.05, 0) is 36.1 Å². The van der Waals surface area contributed by atoms with Crippen LogP contribution in [0.2, 0.25) is 0 Å². The number of aliphatic hydroxyl groups is 1. The lowest BCUT2D eigenvalue weighted by Gasteiger charge is -2.15. The van der Waals surface area contributed by atoms with Crippen molar-refractivity contribution in [3.05, 3.63) is 52.2 Å². The van der Waals surface area contributed by atoms with Gasteiger partial charge in [-0.1, -0.05) is 18.2 Å². The third kappa shape index (κ3) is 5.01. The molecule has 2 aromatic rings. The van der Waals surface area contributed by atoms with Crippen LogP contribution in [0.4, 0.5) is 8.78 Å². The van der Waals surface area contributed by atoms with Crippen molar-refractivity contribution < 1.29 is 23.4 Å². The Morgan fingerprint density at radius 1 is 1.30 bits per heavy atom. The zero-order chi connectivity index (χ0) is 16.8. The van der Waals surface area contributed by atoms with E-state index < -0.39 is 12.7 Å². The predicted molar refractivity (Wildman–Crippen MR) is 83.8 cm³/mol. The van der Waals surface area contributed by atoms with Crippen LogP contribution in [-0.2, 0) is 4.79 Å². The summed E-state index contributed by atoms with van der Waals surface area (Å²) in [5.41, 5.74) is 0.510. The minimum atomic E-state index is -2.89. The molecule has 0 saturated carbocycles. The van der Waals surface area contributed by atoms with Gasteiger partial charge in [-0.25, -0.2) is 0 Å². The monoisotopic (exact) mass is 341 g/mol. The molecule has 0 fully saturated rings. The van der Waals surface area contributed by atoms with Gasteiger partial charge in [-0.3, -0.25) is 4.79 Å². The molecule has 1 aromatic heterocycles. The lowest BCUT2D eigenvalue weighted by atomic mass is 10.1. The number of amides is 1. The Labute approximate surface area is 136 Å². The molecular formula is C16H17F2NO3S. The maximum atomic E-state index is 12.1. The van der Waals surface area contributed by atoms with Gasteiger partial charge in [0.05, 0.1) is 12.0 Å². The van der Waals surface area contributed by atoms with E-state index in [1.807, 2.05) is 17.5 Å². The number of thiophene rings is 1. The zero-order valence-electron chi connectivity index (χ0n) is 12.4. The van der Waals surface area contributed by atoms with E-state index in [2.05, 4.69) is 10.1 Å². The second-order valence-electron chi connectivity index (χ2n) is 4.95. The van der Waals surface area contributed by atoms with Crippen molar-refractivity contribution in [1.29, 1.82) is 0 Å². The Bertz CT molecular complexity index is 617. The summed E-state index contributed by atoms with van der Waals surface area (Å²) in [5.74, 6) is -0.445. The van der Waals surface area contributed by atoms with Crippen LogP contribution in [0, 0.1) is 0 Å². The number of carbonyl (C=O) groups excluding carboxylic acids is 1. The molecule has 2 unspecified atom stereocenters. The van der Waals surface area contributed by atoms with Crippen LogP contribution in [0.5, 0.6) is 5.75 Å². The number of nitrogens with one attached hydrogen (secondary N) is 1. The molecule has 0 aliphatic rings. The number of rotatable bonds is 7. The normalized spacial score (nSPS) is 13.6. The minimum Gasteiger partial charge on any atom is -0.435 e. The summed E-state index contributed by atoms with van der Waals surface area (Å²) >= 11 is 1.50. The molecule has 0 spiro atoms. The van der Waals surface area contributed by atoms with Gasteiger partial charge in [-0.15, -0.1) is 11.3 Å². The molecule has 2 atom stereocenters. The quantitative estimate of drug-likeness (QED) is 0.812. The van der Waals surface area contributed by atoms with E-state index in [1.54, 1.807) is 6.92 Å². The Balaban J connectivity index is 1.86. The number of ether oxygens (including phenoxy) is 1. The van der Waals surface area contributed by atoms with Crippen molar-refractivity contribution in [3.8, 4) is 5.75 Å². The largest absolute Gasteiger partial charge is 0.435 e. The fourth-order valence-electron chi connectivity index (χ4n) is 2.01. The molecule has 0 radical (unpaired) electrons. The summed E-state index contributed by atoms with van der Waals surface area (Å²) in [5, 5.41) is 14.6. The second kappa shape index (κ2) is 8.03. The van der Waals surface area contributed by atoms with E-state index in [0.29, 0.717) is 5.56 Å². The van der Waals surface area contributed by atoms with Crippen LogP contribution in [0.15, 0.2) is 41.8 Å². The molecule has 1 amide bonds. The first kappa shape index (κ1) is 17.4. The molecule has 0 bridgehead atoms. The summed E-state index contributed by atoms with van der Waals surface area (Å²) in [6.45, 7) is -1.04. The summed E-state index contributed by atoms with van der Waals surface area (Å²) < 4.78 is 28.4. The van der Waals surface area contributed by atoms with E-state index in [0.717, 1.165) is 4.88 Å². The lowest BCUT2D eigenvalue weighted by Crippen LogP contribution is -2.31. The number of aliphatic hydroxyl groups excluding tert-OH is 1. The highest BCUT2D eigenvalue weighted by atomic mass is 32.1. The molecule has 4 nitrogen and oxygen atoms in total. The van der Waals surface area contributed by atoms with Crippen LogP contribution in [0.1, 0.15) is 29.4 Å². The highest BCUT2D eigenvalue weighted by Gasteiger charge is 2.17. The van der Waals surface area contributed by atoms with Gasteiger partial charge in [0, 0.05) is 11.4 Å². The number of alkyl halides is 2. The molecule has 2 N–H and O–H groups in total. The first-order valence-electron chi connectivity index (χ1n) is 7.01. The van der Waals surface area contributed by atoms with Crippen LogP contribution < -0.4 is 10.1 Å². The summed E-state index contributed by atoms with van der Waals surface area (Å²) in [6.07, 6.45) is -0.921.